The fourth-order valence-corrected chi connectivity index (χ4v) is 5.13. The Kier molecular flexibility index (Phi) is 4.96. The van der Waals surface area contributed by atoms with Gasteiger partial charge in [-0.3, -0.25) is 4.72 Å². The van der Waals surface area contributed by atoms with Gasteiger partial charge in [0.2, 0.25) is 0 Å². The number of hydrogen-bond donors (Lipinski definition) is 1. The number of fused-ring (bicyclic) bond motifs is 1. The minimum atomic E-state index is -3.91. The Labute approximate surface area is 170 Å². The van der Waals surface area contributed by atoms with Gasteiger partial charge in [0.05, 0.1) is 16.1 Å². The van der Waals surface area contributed by atoms with Crippen LogP contribution in [0.1, 0.15) is 12.8 Å². The molecule has 1 fully saturated rings. The van der Waals surface area contributed by atoms with Gasteiger partial charge in [-0.15, -0.1) is 0 Å². The molecule has 0 unspecified atom stereocenters. The molecule has 1 saturated heterocycles. The van der Waals surface area contributed by atoms with E-state index in [0.29, 0.717) is 15.8 Å². The van der Waals surface area contributed by atoms with Gasteiger partial charge < -0.3 is 4.90 Å². The van der Waals surface area contributed by atoms with Crippen LogP contribution in [0, 0.1) is 0 Å². The number of sulfonamides is 1. The Morgan fingerprint density at radius 1 is 1.04 bits per heavy atom. The second-order valence-corrected chi connectivity index (χ2v) is 9.23. The molecule has 0 aliphatic carbocycles. The quantitative estimate of drug-likeness (QED) is 0.614. The van der Waals surface area contributed by atoms with Crippen LogP contribution in [0.2, 0.25) is 5.02 Å². The maximum atomic E-state index is 12.9. The van der Waals surface area contributed by atoms with Gasteiger partial charge in [-0.25, -0.2) is 18.4 Å². The highest BCUT2D eigenvalue weighted by Gasteiger charge is 2.25. The summed E-state index contributed by atoms with van der Waals surface area (Å²) in [7, 11) is -3.91. The van der Waals surface area contributed by atoms with Crippen molar-refractivity contribution in [2.75, 3.05) is 22.7 Å². The summed E-state index contributed by atoms with van der Waals surface area (Å²) in [6.07, 6.45) is 2.08. The van der Waals surface area contributed by atoms with Crippen molar-refractivity contribution in [3.8, 4) is 0 Å². The first-order valence-electron chi connectivity index (χ1n) is 8.44. The number of nitrogens with one attached hydrogen (secondary N) is 1. The van der Waals surface area contributed by atoms with Crippen molar-refractivity contribution >= 4 is 60.2 Å². The zero-order chi connectivity index (χ0) is 19.0. The molecule has 0 radical (unpaired) electrons. The predicted octanol–water partition coefficient (Wildman–Crippen LogP) is 4.45. The third-order valence-electron chi connectivity index (χ3n) is 4.37. The number of benzene rings is 2. The molecule has 0 bridgehead atoms. The van der Waals surface area contributed by atoms with Crippen molar-refractivity contribution in [1.82, 2.24) is 9.97 Å². The lowest BCUT2D eigenvalue weighted by Gasteiger charge is -2.20. The van der Waals surface area contributed by atoms with E-state index in [4.69, 9.17) is 11.6 Å². The van der Waals surface area contributed by atoms with Crippen LogP contribution < -0.4 is 9.62 Å². The lowest BCUT2D eigenvalue weighted by Crippen LogP contribution is -2.23. The molecule has 140 valence electrons. The topological polar surface area (TPSA) is 75.2 Å². The van der Waals surface area contributed by atoms with Gasteiger partial charge >= 0.3 is 0 Å². The minimum Gasteiger partial charge on any atom is -0.354 e. The summed E-state index contributed by atoms with van der Waals surface area (Å²) in [5, 5.41) is 0.133. The van der Waals surface area contributed by atoms with Crippen molar-refractivity contribution in [2.45, 2.75) is 17.7 Å². The van der Waals surface area contributed by atoms with E-state index < -0.39 is 10.0 Å². The molecule has 1 N–H and O–H groups in total. The van der Waals surface area contributed by atoms with Crippen LogP contribution >= 0.6 is 27.5 Å². The standard InChI is InChI=1S/C18H16BrClN4O2S/c19-12-7-8-16(13(20)11-12)27(25,26)23-17-18(24-9-3-4-10-24)22-15-6-2-1-5-14(15)21-17/h1-2,5-8,11H,3-4,9-10H2,(H,21,23). The van der Waals surface area contributed by atoms with Crippen LogP contribution in [0.15, 0.2) is 51.8 Å². The first kappa shape index (κ1) is 18.5. The Morgan fingerprint density at radius 3 is 2.37 bits per heavy atom. The summed E-state index contributed by atoms with van der Waals surface area (Å²) in [6, 6.07) is 12.0. The SMILES string of the molecule is O=S(=O)(Nc1nc2ccccc2nc1N1CCCC1)c1ccc(Br)cc1Cl. The minimum absolute atomic E-state index is 0.00491. The third kappa shape index (κ3) is 3.74. The first-order valence-corrected chi connectivity index (χ1v) is 11.1. The van der Waals surface area contributed by atoms with Crippen LogP contribution in [0.25, 0.3) is 11.0 Å². The lowest BCUT2D eigenvalue weighted by molar-refractivity contribution is 0.601. The van der Waals surface area contributed by atoms with Gasteiger partial charge in [0.25, 0.3) is 10.0 Å². The van der Waals surface area contributed by atoms with Gasteiger partial charge in [-0.1, -0.05) is 39.7 Å². The molecule has 1 aliphatic heterocycles. The highest BCUT2D eigenvalue weighted by Crippen LogP contribution is 2.31. The molecule has 1 aromatic heterocycles. The summed E-state index contributed by atoms with van der Waals surface area (Å²) in [4.78, 5) is 11.2. The number of anilines is 2. The normalized spacial score (nSPS) is 14.7. The van der Waals surface area contributed by atoms with E-state index in [2.05, 4.69) is 35.5 Å². The summed E-state index contributed by atoms with van der Waals surface area (Å²) >= 11 is 9.43. The zero-order valence-corrected chi connectivity index (χ0v) is 17.4. The largest absolute Gasteiger partial charge is 0.354 e. The highest BCUT2D eigenvalue weighted by molar-refractivity contribution is 9.10. The van der Waals surface area contributed by atoms with Crippen LogP contribution in [-0.4, -0.2) is 31.5 Å². The zero-order valence-electron chi connectivity index (χ0n) is 14.2. The Balaban J connectivity index is 1.81. The van der Waals surface area contributed by atoms with E-state index in [1.54, 1.807) is 18.2 Å². The second-order valence-electron chi connectivity index (χ2n) is 6.26. The van der Waals surface area contributed by atoms with E-state index in [1.165, 1.54) is 6.07 Å². The fourth-order valence-electron chi connectivity index (χ4n) is 3.08. The summed E-state index contributed by atoms with van der Waals surface area (Å²) < 4.78 is 29.2. The summed E-state index contributed by atoms with van der Waals surface area (Å²) in [5.74, 6) is 0.762. The monoisotopic (exact) mass is 466 g/mol. The van der Waals surface area contributed by atoms with Gasteiger partial charge in [-0.05, 0) is 43.2 Å². The van der Waals surface area contributed by atoms with E-state index >= 15 is 0 Å². The molecule has 0 amide bonds. The summed E-state index contributed by atoms with van der Waals surface area (Å²) in [6.45, 7) is 1.64. The van der Waals surface area contributed by atoms with E-state index in [-0.39, 0.29) is 15.7 Å². The molecule has 0 spiro atoms. The predicted molar refractivity (Wildman–Crippen MR) is 111 cm³/mol. The first-order chi connectivity index (χ1) is 12.9. The Hall–Kier alpha value is -1.90. The third-order valence-corrected chi connectivity index (χ3v) is 6.69. The maximum Gasteiger partial charge on any atom is 0.264 e. The molecule has 2 aromatic carbocycles. The molecule has 1 aliphatic rings. The van der Waals surface area contributed by atoms with Gasteiger partial charge in [0, 0.05) is 17.6 Å². The van der Waals surface area contributed by atoms with Gasteiger partial charge in [-0.2, -0.15) is 0 Å². The molecule has 2 heterocycles. The Morgan fingerprint density at radius 2 is 1.70 bits per heavy atom. The van der Waals surface area contributed by atoms with Crippen LogP contribution in [0.5, 0.6) is 0 Å². The van der Waals surface area contributed by atoms with Gasteiger partial charge in [0.15, 0.2) is 11.6 Å². The molecular weight excluding hydrogens is 452 g/mol. The molecule has 9 heteroatoms. The molecule has 0 saturated carbocycles. The van der Waals surface area contributed by atoms with Crippen molar-refractivity contribution in [1.29, 1.82) is 0 Å². The molecule has 6 nitrogen and oxygen atoms in total. The molecule has 3 aromatic rings. The van der Waals surface area contributed by atoms with Crippen molar-refractivity contribution < 1.29 is 8.42 Å². The van der Waals surface area contributed by atoms with Crippen LogP contribution in [0.4, 0.5) is 11.6 Å². The van der Waals surface area contributed by atoms with Crippen molar-refractivity contribution in [3.05, 3.63) is 52.0 Å². The molecule has 0 atom stereocenters. The second kappa shape index (κ2) is 7.26. The van der Waals surface area contributed by atoms with Crippen molar-refractivity contribution in [2.24, 2.45) is 0 Å². The maximum absolute atomic E-state index is 12.9. The highest BCUT2D eigenvalue weighted by atomic mass is 79.9. The van der Waals surface area contributed by atoms with Crippen LogP contribution in [-0.2, 0) is 10.0 Å². The van der Waals surface area contributed by atoms with Crippen LogP contribution in [0.3, 0.4) is 0 Å². The van der Waals surface area contributed by atoms with E-state index in [0.717, 1.165) is 31.4 Å². The average Bonchev–Trinajstić information content (AvgIpc) is 3.15. The number of rotatable bonds is 4. The Bertz CT molecular complexity index is 1120. The number of halogens is 2. The number of nitrogens with zero attached hydrogens (tertiary/aromatic N) is 3. The molecule has 27 heavy (non-hydrogen) atoms. The average molecular weight is 468 g/mol. The number of aromatic nitrogens is 2. The molecule has 4 rings (SSSR count). The van der Waals surface area contributed by atoms with Crippen molar-refractivity contribution in [3.63, 3.8) is 0 Å². The summed E-state index contributed by atoms with van der Waals surface area (Å²) in [5.41, 5.74) is 1.35. The number of hydrogen-bond acceptors (Lipinski definition) is 5. The van der Waals surface area contributed by atoms with E-state index in [9.17, 15) is 8.42 Å². The smallest absolute Gasteiger partial charge is 0.264 e. The fraction of sp³-hybridized carbons (Fsp3) is 0.222. The van der Waals surface area contributed by atoms with E-state index in [1.807, 2.05) is 18.2 Å². The molecular formula is C18H16BrClN4O2S. The number of para-hydroxylation sites is 2. The van der Waals surface area contributed by atoms with Gasteiger partial charge in [0.1, 0.15) is 4.90 Å². The lowest BCUT2D eigenvalue weighted by atomic mass is 10.3.